The monoisotopic (exact) mass is 211 g/mol. The molecule has 1 fully saturated rings. The highest BCUT2D eigenvalue weighted by atomic mass is 16.5. The molecule has 15 heavy (non-hydrogen) atoms. The Hall–Kier alpha value is -0.340. The first-order valence-corrected chi connectivity index (χ1v) is 5.87. The molecule has 2 N–H and O–H groups in total. The van der Waals surface area contributed by atoms with Crippen molar-refractivity contribution < 1.29 is 4.74 Å². The molecular formula is C13H25NO. The summed E-state index contributed by atoms with van der Waals surface area (Å²) < 4.78 is 5.71. The van der Waals surface area contributed by atoms with Crippen LogP contribution in [0.25, 0.3) is 0 Å². The zero-order valence-corrected chi connectivity index (χ0v) is 10.4. The van der Waals surface area contributed by atoms with Crippen LogP contribution >= 0.6 is 0 Å². The third kappa shape index (κ3) is 2.82. The molecule has 0 amide bonds. The highest BCUT2D eigenvalue weighted by molar-refractivity contribution is 4.99. The summed E-state index contributed by atoms with van der Waals surface area (Å²) in [7, 11) is 1.79. The van der Waals surface area contributed by atoms with E-state index in [2.05, 4.69) is 20.4 Å². The normalized spacial score (nSPS) is 25.9. The van der Waals surface area contributed by atoms with Crippen LogP contribution in [0.4, 0.5) is 0 Å². The van der Waals surface area contributed by atoms with Crippen molar-refractivity contribution in [2.24, 2.45) is 11.1 Å². The van der Waals surface area contributed by atoms with Gasteiger partial charge in [0, 0.05) is 13.2 Å². The molecule has 0 radical (unpaired) electrons. The largest absolute Gasteiger partial charge is 0.377 e. The highest BCUT2D eigenvalue weighted by Gasteiger charge is 2.42. The second kappa shape index (κ2) is 4.67. The lowest BCUT2D eigenvalue weighted by Gasteiger charge is -2.45. The molecule has 1 rings (SSSR count). The Bertz CT molecular complexity index is 213. The Morgan fingerprint density at radius 1 is 1.33 bits per heavy atom. The zero-order valence-electron chi connectivity index (χ0n) is 10.4. The molecule has 1 unspecified atom stereocenters. The SMILES string of the molecule is C=CCC(N)C1(OC)CCC(C)(C)CC1. The van der Waals surface area contributed by atoms with Crippen LogP contribution < -0.4 is 5.73 Å². The molecule has 88 valence electrons. The molecule has 1 aliphatic carbocycles. The first-order valence-electron chi connectivity index (χ1n) is 5.87. The van der Waals surface area contributed by atoms with Crippen molar-refractivity contribution in [2.45, 2.75) is 57.6 Å². The third-order valence-corrected chi connectivity index (χ3v) is 3.95. The van der Waals surface area contributed by atoms with Crippen LogP contribution in [0.2, 0.25) is 0 Å². The van der Waals surface area contributed by atoms with Crippen molar-refractivity contribution in [3.8, 4) is 0 Å². The molecule has 0 spiro atoms. The summed E-state index contributed by atoms with van der Waals surface area (Å²) in [6.07, 6.45) is 7.29. The molecule has 0 saturated heterocycles. The molecule has 2 nitrogen and oxygen atoms in total. The molecule has 0 aromatic rings. The van der Waals surface area contributed by atoms with Crippen molar-refractivity contribution >= 4 is 0 Å². The van der Waals surface area contributed by atoms with Gasteiger partial charge in [0.1, 0.15) is 0 Å². The molecule has 1 atom stereocenters. The van der Waals surface area contributed by atoms with Crippen molar-refractivity contribution in [2.75, 3.05) is 7.11 Å². The summed E-state index contributed by atoms with van der Waals surface area (Å²) in [6.45, 7) is 8.40. The molecule has 1 aliphatic rings. The highest BCUT2D eigenvalue weighted by Crippen LogP contribution is 2.43. The van der Waals surface area contributed by atoms with E-state index < -0.39 is 0 Å². The summed E-state index contributed by atoms with van der Waals surface area (Å²) in [6, 6.07) is 0.0936. The molecule has 0 heterocycles. The summed E-state index contributed by atoms with van der Waals surface area (Å²) >= 11 is 0. The van der Waals surface area contributed by atoms with Gasteiger partial charge >= 0.3 is 0 Å². The van der Waals surface area contributed by atoms with Gasteiger partial charge in [-0.1, -0.05) is 19.9 Å². The van der Waals surface area contributed by atoms with E-state index in [4.69, 9.17) is 10.5 Å². The second-order valence-corrected chi connectivity index (χ2v) is 5.56. The fourth-order valence-electron chi connectivity index (χ4n) is 2.47. The molecular weight excluding hydrogens is 186 g/mol. The number of methoxy groups -OCH3 is 1. The minimum absolute atomic E-state index is 0.0936. The maximum Gasteiger partial charge on any atom is 0.0832 e. The van der Waals surface area contributed by atoms with E-state index in [0.717, 1.165) is 19.3 Å². The Balaban J connectivity index is 2.67. The standard InChI is InChI=1S/C13H25NO/c1-5-6-11(14)13(15-4)9-7-12(2,3)8-10-13/h5,11H,1,6-10,14H2,2-4H3. The van der Waals surface area contributed by atoms with Crippen LogP contribution in [-0.2, 0) is 4.74 Å². The van der Waals surface area contributed by atoms with Crippen LogP contribution in [0, 0.1) is 5.41 Å². The van der Waals surface area contributed by atoms with Crippen molar-refractivity contribution in [1.82, 2.24) is 0 Å². The minimum Gasteiger partial charge on any atom is -0.377 e. The zero-order chi connectivity index (χ0) is 11.5. The molecule has 0 aromatic carbocycles. The number of ether oxygens (including phenoxy) is 1. The first kappa shape index (κ1) is 12.7. The predicted molar refractivity (Wildman–Crippen MR) is 64.8 cm³/mol. The average molecular weight is 211 g/mol. The number of hydrogen-bond acceptors (Lipinski definition) is 2. The van der Waals surface area contributed by atoms with Crippen molar-refractivity contribution in [1.29, 1.82) is 0 Å². The summed E-state index contributed by atoms with van der Waals surface area (Å²) in [5.74, 6) is 0. The average Bonchev–Trinajstić information content (AvgIpc) is 2.19. The predicted octanol–water partition coefficient (Wildman–Crippen LogP) is 2.88. The lowest BCUT2D eigenvalue weighted by atomic mass is 9.68. The maximum atomic E-state index is 6.20. The van der Waals surface area contributed by atoms with Crippen LogP contribution in [-0.4, -0.2) is 18.8 Å². The summed E-state index contributed by atoms with van der Waals surface area (Å²) in [5, 5.41) is 0. The van der Waals surface area contributed by atoms with E-state index in [1.54, 1.807) is 7.11 Å². The van der Waals surface area contributed by atoms with Gasteiger partial charge in [0.25, 0.3) is 0 Å². The topological polar surface area (TPSA) is 35.2 Å². The lowest BCUT2D eigenvalue weighted by molar-refractivity contribution is -0.0776. The molecule has 0 aromatic heterocycles. The van der Waals surface area contributed by atoms with E-state index in [1.165, 1.54) is 12.8 Å². The second-order valence-electron chi connectivity index (χ2n) is 5.56. The van der Waals surface area contributed by atoms with E-state index in [0.29, 0.717) is 5.41 Å². The van der Waals surface area contributed by atoms with E-state index in [1.807, 2.05) is 6.08 Å². The van der Waals surface area contributed by atoms with Crippen LogP contribution in [0.15, 0.2) is 12.7 Å². The summed E-state index contributed by atoms with van der Waals surface area (Å²) in [4.78, 5) is 0. The van der Waals surface area contributed by atoms with Crippen LogP contribution in [0.3, 0.4) is 0 Å². The van der Waals surface area contributed by atoms with Crippen molar-refractivity contribution in [3.05, 3.63) is 12.7 Å². The maximum absolute atomic E-state index is 6.20. The number of rotatable bonds is 4. The molecule has 1 saturated carbocycles. The van der Waals surface area contributed by atoms with Gasteiger partial charge in [0.15, 0.2) is 0 Å². The van der Waals surface area contributed by atoms with Gasteiger partial charge in [-0.25, -0.2) is 0 Å². The van der Waals surface area contributed by atoms with Gasteiger partial charge in [-0.3, -0.25) is 0 Å². The Morgan fingerprint density at radius 3 is 2.27 bits per heavy atom. The number of hydrogen-bond donors (Lipinski definition) is 1. The first-order chi connectivity index (χ1) is 6.96. The van der Waals surface area contributed by atoms with Gasteiger partial charge in [0.05, 0.1) is 5.60 Å². The molecule has 0 aliphatic heterocycles. The van der Waals surface area contributed by atoms with E-state index in [9.17, 15) is 0 Å². The Kier molecular flexibility index (Phi) is 3.96. The van der Waals surface area contributed by atoms with Gasteiger partial charge in [-0.15, -0.1) is 6.58 Å². The van der Waals surface area contributed by atoms with Gasteiger partial charge in [0.2, 0.25) is 0 Å². The minimum atomic E-state index is -0.107. The Morgan fingerprint density at radius 2 is 1.87 bits per heavy atom. The van der Waals surface area contributed by atoms with Crippen LogP contribution in [0.1, 0.15) is 46.0 Å². The van der Waals surface area contributed by atoms with Gasteiger partial charge in [-0.2, -0.15) is 0 Å². The number of nitrogens with two attached hydrogens (primary N) is 1. The van der Waals surface area contributed by atoms with Crippen molar-refractivity contribution in [3.63, 3.8) is 0 Å². The lowest BCUT2D eigenvalue weighted by Crippen LogP contribution is -2.52. The molecule has 0 bridgehead atoms. The van der Waals surface area contributed by atoms with E-state index >= 15 is 0 Å². The fourth-order valence-corrected chi connectivity index (χ4v) is 2.47. The summed E-state index contributed by atoms with van der Waals surface area (Å²) in [5.41, 5.74) is 6.54. The van der Waals surface area contributed by atoms with Gasteiger partial charge in [-0.05, 0) is 37.5 Å². The molecule has 2 heteroatoms. The van der Waals surface area contributed by atoms with Crippen LogP contribution in [0.5, 0.6) is 0 Å². The third-order valence-electron chi connectivity index (χ3n) is 3.95. The van der Waals surface area contributed by atoms with Gasteiger partial charge < -0.3 is 10.5 Å². The fraction of sp³-hybridized carbons (Fsp3) is 0.846. The quantitative estimate of drug-likeness (QED) is 0.726. The Labute approximate surface area is 93.9 Å². The van der Waals surface area contributed by atoms with E-state index in [-0.39, 0.29) is 11.6 Å². The smallest absolute Gasteiger partial charge is 0.0832 e.